The molecule has 0 radical (unpaired) electrons. The molecule has 0 amide bonds. The van der Waals surface area contributed by atoms with Crippen molar-refractivity contribution >= 4 is 0 Å². The second-order valence-electron chi connectivity index (χ2n) is 2.38. The molecule has 5 heteroatoms. The normalized spacial score (nSPS) is 10.6. The van der Waals surface area contributed by atoms with Crippen LogP contribution in [0.15, 0.2) is 18.2 Å². The molecule has 0 unspecified atom stereocenters. The summed E-state index contributed by atoms with van der Waals surface area (Å²) in [5.74, 6) is 0.271. The highest BCUT2D eigenvalue weighted by Gasteiger charge is 2.22. The van der Waals surface area contributed by atoms with Crippen LogP contribution >= 0.6 is 0 Å². The van der Waals surface area contributed by atoms with Crippen LogP contribution in [0, 0.1) is 23.5 Å². The maximum Gasteiger partial charge on any atom is 0.458 e. The molecule has 0 aromatic heterocycles. The Balaban J connectivity index is 2.98. The second kappa shape index (κ2) is 3.66. The van der Waals surface area contributed by atoms with Crippen molar-refractivity contribution in [3.8, 4) is 11.8 Å². The lowest BCUT2D eigenvalue weighted by atomic mass is 10.2. The summed E-state index contributed by atoms with van der Waals surface area (Å²) in [4.78, 5) is 0. The van der Waals surface area contributed by atoms with E-state index in [0.29, 0.717) is 6.07 Å². The average molecular weight is 206 g/mol. The largest absolute Gasteiger partial charge is 0.458 e. The minimum absolute atomic E-state index is 0.221. The standard InChI is InChI=1S/C9H3F5/c10-7-2-1-6(5-8(7)11)3-4-9(12,13)14/h1-2,5H. The SMILES string of the molecule is Fc1ccc(C#CC(F)(F)F)cc1F. The highest BCUT2D eigenvalue weighted by Crippen LogP contribution is 2.13. The number of hydrogen-bond donors (Lipinski definition) is 0. The third-order valence-electron chi connectivity index (χ3n) is 1.27. The lowest BCUT2D eigenvalue weighted by molar-refractivity contribution is -0.0696. The van der Waals surface area contributed by atoms with E-state index in [9.17, 15) is 22.0 Å². The van der Waals surface area contributed by atoms with Crippen LogP contribution in [0.3, 0.4) is 0 Å². The maximum absolute atomic E-state index is 12.5. The lowest BCUT2D eigenvalue weighted by Crippen LogP contribution is -2.01. The summed E-state index contributed by atoms with van der Waals surface area (Å²) in [6.45, 7) is 0. The molecule has 0 saturated heterocycles. The van der Waals surface area contributed by atoms with E-state index in [4.69, 9.17) is 0 Å². The zero-order chi connectivity index (χ0) is 10.8. The van der Waals surface area contributed by atoms with Crippen LogP contribution in [-0.4, -0.2) is 6.18 Å². The van der Waals surface area contributed by atoms with Gasteiger partial charge in [0.2, 0.25) is 0 Å². The van der Waals surface area contributed by atoms with E-state index in [0.717, 1.165) is 18.1 Å². The molecule has 1 aromatic rings. The number of halogens is 5. The van der Waals surface area contributed by atoms with Crippen LogP contribution in [0.1, 0.15) is 5.56 Å². The summed E-state index contributed by atoms with van der Waals surface area (Å²) < 4.78 is 59.5. The average Bonchev–Trinajstić information content (AvgIpc) is 2.06. The Hall–Kier alpha value is -1.57. The minimum atomic E-state index is -4.63. The third-order valence-corrected chi connectivity index (χ3v) is 1.27. The van der Waals surface area contributed by atoms with Crippen LogP contribution < -0.4 is 0 Å². The van der Waals surface area contributed by atoms with Crippen molar-refractivity contribution in [1.29, 1.82) is 0 Å². The molecule has 0 saturated carbocycles. The van der Waals surface area contributed by atoms with Gasteiger partial charge in [-0.25, -0.2) is 8.78 Å². The van der Waals surface area contributed by atoms with Crippen LogP contribution in [0.4, 0.5) is 22.0 Å². The third kappa shape index (κ3) is 3.05. The van der Waals surface area contributed by atoms with Crippen molar-refractivity contribution in [2.45, 2.75) is 6.18 Å². The predicted octanol–water partition coefficient (Wildman–Crippen LogP) is 2.88. The number of alkyl halides is 3. The van der Waals surface area contributed by atoms with Gasteiger partial charge < -0.3 is 0 Å². The first-order chi connectivity index (χ1) is 6.38. The first-order valence-corrected chi connectivity index (χ1v) is 3.43. The molecule has 0 bridgehead atoms. The smallest absolute Gasteiger partial charge is 0.204 e. The molecule has 0 aliphatic heterocycles. The van der Waals surface area contributed by atoms with Crippen molar-refractivity contribution in [3.05, 3.63) is 35.4 Å². The van der Waals surface area contributed by atoms with Gasteiger partial charge >= 0.3 is 6.18 Å². The first kappa shape index (κ1) is 10.5. The monoisotopic (exact) mass is 206 g/mol. The molecule has 0 spiro atoms. The van der Waals surface area contributed by atoms with Crippen LogP contribution in [0.2, 0.25) is 0 Å². The highest BCUT2D eigenvalue weighted by molar-refractivity contribution is 5.35. The quantitative estimate of drug-likeness (QED) is 0.452. The fraction of sp³-hybridized carbons (Fsp3) is 0.111. The van der Waals surface area contributed by atoms with Gasteiger partial charge in [-0.2, -0.15) is 13.2 Å². The summed E-state index contributed by atoms with van der Waals surface area (Å²) in [6.07, 6.45) is -4.63. The molecule has 0 atom stereocenters. The zero-order valence-corrected chi connectivity index (χ0v) is 6.62. The van der Waals surface area contributed by atoms with Gasteiger partial charge in [0.25, 0.3) is 0 Å². The van der Waals surface area contributed by atoms with Crippen LogP contribution in [-0.2, 0) is 0 Å². The predicted molar refractivity (Wildman–Crippen MR) is 39.3 cm³/mol. The van der Waals surface area contributed by atoms with E-state index in [1.807, 2.05) is 0 Å². The van der Waals surface area contributed by atoms with Crippen molar-refractivity contribution in [3.63, 3.8) is 0 Å². The molecule has 0 aliphatic rings. The molecular weight excluding hydrogens is 203 g/mol. The molecule has 0 aliphatic carbocycles. The highest BCUT2D eigenvalue weighted by atomic mass is 19.4. The van der Waals surface area contributed by atoms with E-state index >= 15 is 0 Å². The summed E-state index contributed by atoms with van der Waals surface area (Å²) in [5.41, 5.74) is -0.221. The van der Waals surface area contributed by atoms with Crippen LogP contribution in [0.5, 0.6) is 0 Å². The Morgan fingerprint density at radius 1 is 1.00 bits per heavy atom. The molecule has 0 heterocycles. The number of rotatable bonds is 0. The van der Waals surface area contributed by atoms with Crippen LogP contribution in [0.25, 0.3) is 0 Å². The molecule has 0 fully saturated rings. The van der Waals surface area contributed by atoms with E-state index in [2.05, 4.69) is 0 Å². The Kier molecular flexibility index (Phi) is 2.75. The Morgan fingerprint density at radius 2 is 1.64 bits per heavy atom. The summed E-state index contributed by atoms with van der Waals surface area (Å²) >= 11 is 0. The number of hydrogen-bond acceptors (Lipinski definition) is 0. The van der Waals surface area contributed by atoms with Gasteiger partial charge in [-0.1, -0.05) is 5.92 Å². The van der Waals surface area contributed by atoms with Crippen molar-refractivity contribution < 1.29 is 22.0 Å². The van der Waals surface area contributed by atoms with Crippen molar-refractivity contribution in [1.82, 2.24) is 0 Å². The molecule has 0 N–H and O–H groups in total. The molecule has 1 rings (SSSR count). The van der Waals surface area contributed by atoms with Gasteiger partial charge in [0.1, 0.15) is 0 Å². The second-order valence-corrected chi connectivity index (χ2v) is 2.38. The molecular formula is C9H3F5. The van der Waals surface area contributed by atoms with Gasteiger partial charge in [0.15, 0.2) is 11.6 Å². The Bertz CT molecular complexity index is 394. The van der Waals surface area contributed by atoms with Crippen molar-refractivity contribution in [2.75, 3.05) is 0 Å². The van der Waals surface area contributed by atoms with Gasteiger partial charge in [-0.05, 0) is 18.2 Å². The van der Waals surface area contributed by atoms with Gasteiger partial charge in [-0.15, -0.1) is 0 Å². The Morgan fingerprint density at radius 3 is 2.14 bits per heavy atom. The summed E-state index contributed by atoms with van der Waals surface area (Å²) in [5, 5.41) is 0. The minimum Gasteiger partial charge on any atom is -0.204 e. The topological polar surface area (TPSA) is 0 Å². The van der Waals surface area contributed by atoms with E-state index in [1.54, 1.807) is 5.92 Å². The summed E-state index contributed by atoms with van der Waals surface area (Å²) in [6, 6.07) is 2.29. The molecule has 14 heavy (non-hydrogen) atoms. The van der Waals surface area contributed by atoms with Gasteiger partial charge in [0.05, 0.1) is 0 Å². The molecule has 1 aromatic carbocycles. The zero-order valence-electron chi connectivity index (χ0n) is 6.62. The van der Waals surface area contributed by atoms with Crippen molar-refractivity contribution in [2.24, 2.45) is 0 Å². The fourth-order valence-corrected chi connectivity index (χ4v) is 0.717. The maximum atomic E-state index is 12.5. The molecule has 74 valence electrons. The van der Waals surface area contributed by atoms with E-state index in [1.165, 1.54) is 0 Å². The Labute approximate surface area is 76.4 Å². The lowest BCUT2D eigenvalue weighted by Gasteiger charge is -1.94. The fourth-order valence-electron chi connectivity index (χ4n) is 0.717. The van der Waals surface area contributed by atoms with E-state index < -0.39 is 17.8 Å². The molecule has 0 nitrogen and oxygen atoms in total. The van der Waals surface area contributed by atoms with Gasteiger partial charge in [0, 0.05) is 11.5 Å². The first-order valence-electron chi connectivity index (χ1n) is 3.43. The number of benzene rings is 1. The van der Waals surface area contributed by atoms with Gasteiger partial charge in [-0.3, -0.25) is 0 Å². The summed E-state index contributed by atoms with van der Waals surface area (Å²) in [7, 11) is 0. The van der Waals surface area contributed by atoms with E-state index in [-0.39, 0.29) is 5.56 Å².